The lowest BCUT2D eigenvalue weighted by Crippen LogP contribution is -2.41. The number of hydrogen-bond acceptors (Lipinski definition) is 6. The Labute approximate surface area is 164 Å². The molecule has 3 N–H and O–H groups in total. The number of H-pyrrole nitrogens is 1. The van der Waals surface area contributed by atoms with Crippen LogP contribution < -0.4 is 21.9 Å². The number of nitrogens with zero attached hydrogens (tertiary/aromatic N) is 2. The molecule has 0 aromatic carbocycles. The number of carbonyl (C=O) groups is 2. The van der Waals surface area contributed by atoms with E-state index in [0.29, 0.717) is 19.4 Å². The maximum Gasteiger partial charge on any atom is 0.330 e. The molecular formula is C19H32N4O5. The summed E-state index contributed by atoms with van der Waals surface area (Å²) in [6.07, 6.45) is 3.86. The first-order valence-corrected chi connectivity index (χ1v) is 9.95. The molecule has 0 fully saturated rings. The summed E-state index contributed by atoms with van der Waals surface area (Å²) in [5, 5.41) is 0. The van der Waals surface area contributed by atoms with Crippen LogP contribution in [0, 0.1) is 0 Å². The van der Waals surface area contributed by atoms with Crippen LogP contribution in [0.5, 0.6) is 0 Å². The molecule has 0 radical (unpaired) electrons. The van der Waals surface area contributed by atoms with E-state index in [1.54, 1.807) is 6.92 Å². The van der Waals surface area contributed by atoms with Gasteiger partial charge in [0.2, 0.25) is 5.91 Å². The number of esters is 1. The summed E-state index contributed by atoms with van der Waals surface area (Å²) in [6.45, 7) is 6.57. The first kappa shape index (κ1) is 23.5. The smallest absolute Gasteiger partial charge is 0.330 e. The van der Waals surface area contributed by atoms with Crippen molar-refractivity contribution in [3.8, 4) is 0 Å². The summed E-state index contributed by atoms with van der Waals surface area (Å²) < 4.78 is 6.14. The highest BCUT2D eigenvalue weighted by atomic mass is 16.5. The van der Waals surface area contributed by atoms with Gasteiger partial charge in [0.05, 0.1) is 13.0 Å². The molecule has 28 heavy (non-hydrogen) atoms. The minimum Gasteiger partial charge on any atom is -0.466 e. The third-order valence-corrected chi connectivity index (χ3v) is 4.35. The summed E-state index contributed by atoms with van der Waals surface area (Å²) >= 11 is 0. The molecule has 9 heteroatoms. The van der Waals surface area contributed by atoms with Gasteiger partial charge >= 0.3 is 11.7 Å². The Morgan fingerprint density at radius 3 is 2.36 bits per heavy atom. The molecule has 1 rings (SSSR count). The molecule has 1 aromatic heterocycles. The van der Waals surface area contributed by atoms with Crippen molar-refractivity contribution < 1.29 is 14.3 Å². The van der Waals surface area contributed by atoms with Crippen molar-refractivity contribution >= 4 is 23.4 Å². The molecule has 1 aromatic rings. The van der Waals surface area contributed by atoms with Crippen LogP contribution in [-0.2, 0) is 20.9 Å². The van der Waals surface area contributed by atoms with Crippen molar-refractivity contribution in [2.24, 2.45) is 0 Å². The lowest BCUT2D eigenvalue weighted by molar-refractivity contribution is -0.144. The molecule has 9 nitrogen and oxygen atoms in total. The zero-order chi connectivity index (χ0) is 21.1. The summed E-state index contributed by atoms with van der Waals surface area (Å²) in [6, 6.07) is 0. The number of ether oxygens (including phenoxy) is 1. The average molecular weight is 396 g/mol. The summed E-state index contributed by atoms with van der Waals surface area (Å²) in [7, 11) is 0. The highest BCUT2D eigenvalue weighted by Crippen LogP contribution is 2.19. The first-order chi connectivity index (χ1) is 13.4. The van der Waals surface area contributed by atoms with Crippen molar-refractivity contribution in [1.29, 1.82) is 0 Å². The molecular weight excluding hydrogens is 364 g/mol. The lowest BCUT2D eigenvalue weighted by Gasteiger charge is -2.24. The summed E-state index contributed by atoms with van der Waals surface area (Å²) in [5.74, 6) is -0.899. The van der Waals surface area contributed by atoms with E-state index in [1.807, 2.05) is 13.8 Å². The number of anilines is 2. The molecule has 0 atom stereocenters. The average Bonchev–Trinajstić information content (AvgIpc) is 2.65. The van der Waals surface area contributed by atoms with Gasteiger partial charge in [-0.05, 0) is 19.8 Å². The normalized spacial score (nSPS) is 10.7. The van der Waals surface area contributed by atoms with Crippen molar-refractivity contribution in [3.05, 3.63) is 20.8 Å². The van der Waals surface area contributed by atoms with E-state index >= 15 is 0 Å². The number of rotatable bonds is 12. The predicted octanol–water partition coefficient (Wildman–Crippen LogP) is 1.79. The molecule has 0 spiro atoms. The minimum atomic E-state index is -0.698. The van der Waals surface area contributed by atoms with E-state index in [1.165, 1.54) is 9.47 Å². The Balaban J connectivity index is 3.22. The van der Waals surface area contributed by atoms with Crippen LogP contribution in [0.1, 0.15) is 65.7 Å². The van der Waals surface area contributed by atoms with E-state index < -0.39 is 23.1 Å². The van der Waals surface area contributed by atoms with Crippen LogP contribution in [0.4, 0.5) is 11.5 Å². The predicted molar refractivity (Wildman–Crippen MR) is 108 cm³/mol. The zero-order valence-electron chi connectivity index (χ0n) is 17.1. The zero-order valence-corrected chi connectivity index (χ0v) is 17.1. The number of hydrogen-bond donors (Lipinski definition) is 2. The van der Waals surface area contributed by atoms with Crippen LogP contribution in [0.3, 0.4) is 0 Å². The molecule has 0 aliphatic rings. The van der Waals surface area contributed by atoms with E-state index in [9.17, 15) is 19.2 Å². The molecule has 0 aliphatic heterocycles. The van der Waals surface area contributed by atoms with Gasteiger partial charge in [-0.2, -0.15) is 0 Å². The molecule has 158 valence electrons. The third kappa shape index (κ3) is 6.54. The molecule has 1 amide bonds. The van der Waals surface area contributed by atoms with Gasteiger partial charge in [0.15, 0.2) is 5.69 Å². The molecule has 0 saturated carbocycles. The highest BCUT2D eigenvalue weighted by Gasteiger charge is 2.24. The van der Waals surface area contributed by atoms with Crippen LogP contribution in [0.15, 0.2) is 9.59 Å². The number of aromatic amines is 1. The van der Waals surface area contributed by atoms with Gasteiger partial charge in [-0.1, -0.05) is 33.1 Å². The Morgan fingerprint density at radius 2 is 1.75 bits per heavy atom. The Kier molecular flexibility index (Phi) is 10.0. The van der Waals surface area contributed by atoms with Gasteiger partial charge < -0.3 is 15.4 Å². The van der Waals surface area contributed by atoms with Crippen molar-refractivity contribution in [1.82, 2.24) is 9.55 Å². The Bertz CT molecular complexity index is 769. The number of nitrogens with two attached hydrogens (primary N) is 1. The minimum absolute atomic E-state index is 0.0248. The Morgan fingerprint density at radius 1 is 1.07 bits per heavy atom. The first-order valence-electron chi connectivity index (χ1n) is 9.95. The summed E-state index contributed by atoms with van der Waals surface area (Å²) in [5.41, 5.74) is 4.81. The number of carbonyl (C=O) groups excluding carboxylic acids is 2. The van der Waals surface area contributed by atoms with E-state index in [4.69, 9.17) is 10.5 Å². The highest BCUT2D eigenvalue weighted by molar-refractivity contribution is 5.96. The number of unbranched alkanes of at least 4 members (excludes halogenated alkanes) is 3. The van der Waals surface area contributed by atoms with E-state index in [-0.39, 0.29) is 37.5 Å². The molecule has 0 unspecified atom stereocenters. The second kappa shape index (κ2) is 12.0. The molecule has 0 aliphatic carbocycles. The van der Waals surface area contributed by atoms with Gasteiger partial charge in [-0.25, -0.2) is 4.79 Å². The fourth-order valence-electron chi connectivity index (χ4n) is 2.83. The van der Waals surface area contributed by atoms with E-state index in [2.05, 4.69) is 4.98 Å². The van der Waals surface area contributed by atoms with Gasteiger partial charge in [-0.3, -0.25) is 23.9 Å². The van der Waals surface area contributed by atoms with Crippen molar-refractivity contribution in [2.75, 3.05) is 23.8 Å². The number of aromatic nitrogens is 2. The monoisotopic (exact) mass is 396 g/mol. The molecule has 0 saturated heterocycles. The maximum atomic E-state index is 12.8. The van der Waals surface area contributed by atoms with Crippen LogP contribution >= 0.6 is 0 Å². The Hall–Kier alpha value is -2.58. The maximum absolute atomic E-state index is 12.8. The second-order valence-electron chi connectivity index (χ2n) is 6.56. The van der Waals surface area contributed by atoms with Gasteiger partial charge in [0.25, 0.3) is 5.56 Å². The quantitative estimate of drug-likeness (QED) is 0.409. The lowest BCUT2D eigenvalue weighted by atomic mass is 10.2. The third-order valence-electron chi connectivity index (χ3n) is 4.35. The second-order valence-corrected chi connectivity index (χ2v) is 6.56. The molecule has 1 heterocycles. The largest absolute Gasteiger partial charge is 0.466 e. The number of amides is 1. The fourth-order valence-corrected chi connectivity index (χ4v) is 2.83. The van der Waals surface area contributed by atoms with Gasteiger partial charge in [0, 0.05) is 19.5 Å². The fraction of sp³-hybridized carbons (Fsp3) is 0.684. The number of nitrogen functional groups attached to an aromatic ring is 1. The van der Waals surface area contributed by atoms with Gasteiger partial charge in [0.1, 0.15) is 5.82 Å². The SMILES string of the molecule is CCCCCN(C(=O)CCC(=O)OCC)c1c(N)n(CCCC)c(=O)[nH]c1=O. The van der Waals surface area contributed by atoms with Crippen LogP contribution in [-0.4, -0.2) is 34.6 Å². The van der Waals surface area contributed by atoms with Crippen LogP contribution in [0.25, 0.3) is 0 Å². The van der Waals surface area contributed by atoms with Crippen molar-refractivity contribution in [3.63, 3.8) is 0 Å². The topological polar surface area (TPSA) is 127 Å². The standard InChI is InChI=1S/C19H32N4O5/c1-4-7-9-13-22(14(24)10-11-15(25)28-6-3)16-17(20)23(12-8-5-2)19(27)21-18(16)26/h4-13,20H2,1-3H3,(H,21,26,27). The molecule has 0 bridgehead atoms. The van der Waals surface area contributed by atoms with E-state index in [0.717, 1.165) is 19.3 Å². The number of nitrogens with one attached hydrogen (secondary N) is 1. The summed E-state index contributed by atoms with van der Waals surface area (Å²) in [4.78, 5) is 52.5. The van der Waals surface area contributed by atoms with Crippen molar-refractivity contribution in [2.45, 2.75) is 72.3 Å². The van der Waals surface area contributed by atoms with Crippen LogP contribution in [0.2, 0.25) is 0 Å². The van der Waals surface area contributed by atoms with Gasteiger partial charge in [-0.15, -0.1) is 0 Å².